The quantitative estimate of drug-likeness (QED) is 0.345. The molecule has 8 nitrogen and oxygen atoms in total. The summed E-state index contributed by atoms with van der Waals surface area (Å²) in [5.41, 5.74) is 4.24. The first kappa shape index (κ1) is 24.9. The molecule has 2 amide bonds. The molecule has 0 heterocycles. The maximum Gasteiger partial charge on any atom is 0.254 e. The highest BCUT2D eigenvalue weighted by Gasteiger charge is 2.11. The molecule has 35 heavy (non-hydrogen) atoms. The molecule has 178 valence electrons. The molecule has 3 aromatic rings. The highest BCUT2D eigenvalue weighted by Crippen LogP contribution is 2.28. The fraction of sp³-hybridized carbons (Fsp3) is 0.154. The summed E-state index contributed by atoms with van der Waals surface area (Å²) in [4.78, 5) is 23.9. The van der Waals surface area contributed by atoms with Crippen LogP contribution in [0.4, 0.5) is 4.39 Å². The molecule has 0 aliphatic heterocycles. The molecule has 3 aromatic carbocycles. The Kier molecular flexibility index (Phi) is 8.91. The first-order valence-electron chi connectivity index (χ1n) is 10.6. The zero-order valence-electron chi connectivity index (χ0n) is 19.0. The third-order valence-corrected chi connectivity index (χ3v) is 4.87. The predicted molar refractivity (Wildman–Crippen MR) is 128 cm³/mol. The van der Waals surface area contributed by atoms with E-state index in [1.807, 2.05) is 12.1 Å². The van der Waals surface area contributed by atoms with Crippen LogP contribution in [0.3, 0.4) is 0 Å². The minimum absolute atomic E-state index is 0.0300. The summed E-state index contributed by atoms with van der Waals surface area (Å²) >= 11 is 0. The Labute approximate surface area is 202 Å². The minimum Gasteiger partial charge on any atom is -0.493 e. The molecule has 0 aliphatic rings. The highest BCUT2D eigenvalue weighted by molar-refractivity contribution is 5.94. The smallest absolute Gasteiger partial charge is 0.254 e. The van der Waals surface area contributed by atoms with Gasteiger partial charge in [0, 0.05) is 18.5 Å². The van der Waals surface area contributed by atoms with Gasteiger partial charge in [0.25, 0.3) is 5.91 Å². The molecule has 0 radical (unpaired) electrons. The van der Waals surface area contributed by atoms with Gasteiger partial charge in [0.05, 0.1) is 30.5 Å². The first-order chi connectivity index (χ1) is 17.0. The van der Waals surface area contributed by atoms with Crippen LogP contribution in [0.2, 0.25) is 0 Å². The van der Waals surface area contributed by atoms with Gasteiger partial charge in [-0.05, 0) is 42.0 Å². The van der Waals surface area contributed by atoms with Gasteiger partial charge in [-0.15, -0.1) is 0 Å². The van der Waals surface area contributed by atoms with Crippen molar-refractivity contribution < 1.29 is 23.5 Å². The lowest BCUT2D eigenvalue weighted by Gasteiger charge is -2.12. The van der Waals surface area contributed by atoms with Crippen LogP contribution in [0.5, 0.6) is 11.5 Å². The van der Waals surface area contributed by atoms with Gasteiger partial charge >= 0.3 is 0 Å². The second kappa shape index (κ2) is 12.5. The van der Waals surface area contributed by atoms with Crippen molar-refractivity contribution in [3.8, 4) is 17.6 Å². The number of nitrogens with zero attached hydrogens (tertiary/aromatic N) is 2. The number of benzene rings is 3. The van der Waals surface area contributed by atoms with Gasteiger partial charge in [-0.2, -0.15) is 10.4 Å². The number of nitriles is 1. The van der Waals surface area contributed by atoms with E-state index in [2.05, 4.69) is 21.9 Å². The molecule has 0 saturated carbocycles. The summed E-state index contributed by atoms with van der Waals surface area (Å²) in [6.45, 7) is 0.236. The van der Waals surface area contributed by atoms with E-state index in [-0.39, 0.29) is 25.1 Å². The highest BCUT2D eigenvalue weighted by atomic mass is 19.1. The summed E-state index contributed by atoms with van der Waals surface area (Å²) in [6.07, 6.45) is 1.41. The molecule has 0 spiro atoms. The maximum atomic E-state index is 13.6. The summed E-state index contributed by atoms with van der Waals surface area (Å²) in [7, 11) is 1.50. The number of hydrogen-bond donors (Lipinski definition) is 2. The SMILES string of the molecule is COc1cc(C=NNC(=O)CCNC(=O)c2ccccc2F)ccc1OCc1ccccc1C#N. The van der Waals surface area contributed by atoms with Crippen LogP contribution >= 0.6 is 0 Å². The Hall–Kier alpha value is -4.71. The van der Waals surface area contributed by atoms with E-state index in [0.717, 1.165) is 5.56 Å². The summed E-state index contributed by atoms with van der Waals surface area (Å²) in [6, 6.07) is 20.0. The van der Waals surface area contributed by atoms with Crippen molar-refractivity contribution in [2.75, 3.05) is 13.7 Å². The minimum atomic E-state index is -0.627. The van der Waals surface area contributed by atoms with E-state index in [0.29, 0.717) is 22.6 Å². The number of carbonyl (C=O) groups excluding carboxylic acids is 2. The van der Waals surface area contributed by atoms with Crippen LogP contribution in [0, 0.1) is 17.1 Å². The molecule has 3 rings (SSSR count). The molecule has 9 heteroatoms. The molecule has 0 unspecified atom stereocenters. The maximum absolute atomic E-state index is 13.6. The zero-order chi connectivity index (χ0) is 25.0. The average molecular weight is 474 g/mol. The largest absolute Gasteiger partial charge is 0.493 e. The van der Waals surface area contributed by atoms with E-state index in [9.17, 15) is 19.2 Å². The number of rotatable bonds is 10. The van der Waals surface area contributed by atoms with Gasteiger partial charge in [-0.1, -0.05) is 30.3 Å². The van der Waals surface area contributed by atoms with Crippen molar-refractivity contribution in [3.05, 3.63) is 94.8 Å². The molecule has 0 fully saturated rings. The summed E-state index contributed by atoms with van der Waals surface area (Å²) in [5, 5.41) is 15.6. The van der Waals surface area contributed by atoms with Gasteiger partial charge in [0.1, 0.15) is 12.4 Å². The van der Waals surface area contributed by atoms with Crippen LogP contribution in [0.1, 0.15) is 33.5 Å². The molecular formula is C26H23FN4O4. The summed E-state index contributed by atoms with van der Waals surface area (Å²) in [5.74, 6) is -0.682. The lowest BCUT2D eigenvalue weighted by molar-refractivity contribution is -0.120. The van der Waals surface area contributed by atoms with E-state index in [1.54, 1.807) is 36.4 Å². The van der Waals surface area contributed by atoms with Crippen molar-refractivity contribution in [3.63, 3.8) is 0 Å². The van der Waals surface area contributed by atoms with Gasteiger partial charge in [0.2, 0.25) is 5.91 Å². The summed E-state index contributed by atoms with van der Waals surface area (Å²) < 4.78 is 24.8. The molecule has 0 aliphatic carbocycles. The number of amides is 2. The van der Waals surface area contributed by atoms with Crippen molar-refractivity contribution >= 4 is 18.0 Å². The topological polar surface area (TPSA) is 113 Å². The van der Waals surface area contributed by atoms with Gasteiger partial charge in [-0.25, -0.2) is 9.82 Å². The number of carbonyl (C=O) groups is 2. The fourth-order valence-electron chi connectivity index (χ4n) is 3.06. The molecule has 0 aromatic heterocycles. The molecule has 0 bridgehead atoms. The number of hydrogen-bond acceptors (Lipinski definition) is 6. The Morgan fingerprint density at radius 3 is 2.63 bits per heavy atom. The number of methoxy groups -OCH3 is 1. The lowest BCUT2D eigenvalue weighted by Crippen LogP contribution is -2.29. The second-order valence-corrected chi connectivity index (χ2v) is 7.25. The van der Waals surface area contributed by atoms with Gasteiger partial charge in [0.15, 0.2) is 11.5 Å². The lowest BCUT2D eigenvalue weighted by atomic mass is 10.1. The number of hydrazone groups is 1. The van der Waals surface area contributed by atoms with Crippen LogP contribution in [-0.4, -0.2) is 31.7 Å². The third kappa shape index (κ3) is 7.14. The Morgan fingerprint density at radius 2 is 1.86 bits per heavy atom. The Morgan fingerprint density at radius 1 is 1.09 bits per heavy atom. The Bertz CT molecular complexity index is 1270. The number of halogens is 1. The van der Waals surface area contributed by atoms with Crippen molar-refractivity contribution in [1.82, 2.24) is 10.7 Å². The van der Waals surface area contributed by atoms with E-state index < -0.39 is 17.6 Å². The number of nitrogens with one attached hydrogen (secondary N) is 2. The molecule has 2 N–H and O–H groups in total. The van der Waals surface area contributed by atoms with Crippen LogP contribution in [0.25, 0.3) is 0 Å². The molecule has 0 atom stereocenters. The van der Waals surface area contributed by atoms with Crippen LogP contribution < -0.4 is 20.2 Å². The van der Waals surface area contributed by atoms with E-state index >= 15 is 0 Å². The predicted octanol–water partition coefficient (Wildman–Crippen LogP) is 3.56. The molecule has 0 saturated heterocycles. The first-order valence-corrected chi connectivity index (χ1v) is 10.6. The van der Waals surface area contributed by atoms with Crippen molar-refractivity contribution in [2.45, 2.75) is 13.0 Å². The Balaban J connectivity index is 1.48. The van der Waals surface area contributed by atoms with Crippen molar-refractivity contribution in [2.24, 2.45) is 5.10 Å². The second-order valence-electron chi connectivity index (χ2n) is 7.25. The van der Waals surface area contributed by atoms with Crippen LogP contribution in [0.15, 0.2) is 71.8 Å². The van der Waals surface area contributed by atoms with Crippen LogP contribution in [-0.2, 0) is 11.4 Å². The number of ether oxygens (including phenoxy) is 2. The van der Waals surface area contributed by atoms with E-state index in [4.69, 9.17) is 9.47 Å². The molecular weight excluding hydrogens is 451 g/mol. The zero-order valence-corrected chi connectivity index (χ0v) is 19.0. The van der Waals surface area contributed by atoms with Gasteiger partial charge < -0.3 is 14.8 Å². The monoisotopic (exact) mass is 474 g/mol. The average Bonchev–Trinajstić information content (AvgIpc) is 2.88. The van der Waals surface area contributed by atoms with Crippen molar-refractivity contribution in [1.29, 1.82) is 5.26 Å². The standard InChI is InChI=1S/C26H23FN4O4/c1-34-24-14-18(10-11-23(24)35-17-20-7-3-2-6-19(20)15-28)16-30-31-25(32)12-13-29-26(33)21-8-4-5-9-22(21)27/h2-11,14,16H,12-13,17H2,1H3,(H,29,33)(H,31,32). The van der Waals surface area contributed by atoms with E-state index in [1.165, 1.54) is 31.5 Å². The van der Waals surface area contributed by atoms with Gasteiger partial charge in [-0.3, -0.25) is 9.59 Å². The fourth-order valence-corrected chi connectivity index (χ4v) is 3.06. The normalized spacial score (nSPS) is 10.4. The third-order valence-electron chi connectivity index (χ3n) is 4.87.